The first-order valence-electron chi connectivity index (χ1n) is 8.67. The topological polar surface area (TPSA) is 54.3 Å². The van der Waals surface area contributed by atoms with Crippen LogP contribution >= 0.6 is 0 Å². The second-order valence-corrected chi connectivity index (χ2v) is 6.77. The van der Waals surface area contributed by atoms with Gasteiger partial charge in [0.15, 0.2) is 0 Å². The lowest BCUT2D eigenvalue weighted by atomic mass is 10.0. The molecule has 0 aliphatic carbocycles. The second kappa shape index (κ2) is 7.67. The fraction of sp³-hybridized carbons (Fsp3) is 0.250. The smallest absolute Gasteiger partial charge is 0.387 e. The maximum Gasteiger partial charge on any atom is 0.416 e. The summed E-state index contributed by atoms with van der Waals surface area (Å²) < 4.78 is 79.4. The zero-order valence-corrected chi connectivity index (χ0v) is 15.5. The molecule has 0 saturated carbocycles. The molecule has 0 saturated heterocycles. The molecule has 0 unspecified atom stereocenters. The summed E-state index contributed by atoms with van der Waals surface area (Å²) in [7, 11) is 1.84. The maximum atomic E-state index is 12.9. The van der Waals surface area contributed by atoms with E-state index in [1.54, 1.807) is 18.2 Å². The highest BCUT2D eigenvalue weighted by atomic mass is 19.4. The first-order chi connectivity index (χ1) is 13.9. The summed E-state index contributed by atoms with van der Waals surface area (Å²) in [5.41, 5.74) is -2.63. The van der Waals surface area contributed by atoms with Crippen LogP contribution in [0.2, 0.25) is 0 Å². The monoisotopic (exact) mass is 430 g/mol. The Bertz CT molecular complexity index is 1050. The van der Waals surface area contributed by atoms with Crippen molar-refractivity contribution in [3.8, 4) is 0 Å². The summed E-state index contributed by atoms with van der Waals surface area (Å²) in [5, 5.41) is 13.3. The number of hydrogen-bond donors (Lipinski definition) is 2. The molecular weight excluding hydrogens is 414 g/mol. The van der Waals surface area contributed by atoms with Crippen LogP contribution in [0.4, 0.5) is 26.3 Å². The van der Waals surface area contributed by atoms with E-state index >= 15 is 0 Å². The van der Waals surface area contributed by atoms with Gasteiger partial charge in [0.05, 0.1) is 17.2 Å². The molecule has 4 nitrogen and oxygen atoms in total. The van der Waals surface area contributed by atoms with Crippen molar-refractivity contribution in [1.82, 2.24) is 9.88 Å². The molecule has 2 aromatic carbocycles. The number of halogens is 6. The number of benzene rings is 2. The van der Waals surface area contributed by atoms with Crippen molar-refractivity contribution in [2.75, 3.05) is 6.54 Å². The highest BCUT2D eigenvalue weighted by Crippen LogP contribution is 2.36. The molecule has 0 bridgehead atoms. The number of carbonyl (C=O) groups excluding carboxylic acids is 1. The van der Waals surface area contributed by atoms with Crippen molar-refractivity contribution in [1.29, 1.82) is 0 Å². The molecule has 3 aromatic rings. The van der Waals surface area contributed by atoms with Crippen LogP contribution in [0.15, 0.2) is 48.7 Å². The number of rotatable bonds is 4. The van der Waals surface area contributed by atoms with Gasteiger partial charge in [-0.3, -0.25) is 4.79 Å². The number of fused-ring (bicyclic) bond motifs is 1. The van der Waals surface area contributed by atoms with Crippen molar-refractivity contribution in [2.24, 2.45) is 7.05 Å². The number of nitrogens with one attached hydrogen (secondary N) is 1. The Balaban J connectivity index is 1.79. The van der Waals surface area contributed by atoms with E-state index < -0.39 is 47.6 Å². The summed E-state index contributed by atoms with van der Waals surface area (Å²) in [6.07, 6.45) is -9.50. The summed E-state index contributed by atoms with van der Waals surface area (Å²) in [6.45, 7) is -0.394. The lowest BCUT2D eigenvalue weighted by molar-refractivity contribution is -0.143. The fourth-order valence-corrected chi connectivity index (χ4v) is 3.00. The van der Waals surface area contributed by atoms with Crippen molar-refractivity contribution in [2.45, 2.75) is 18.5 Å². The van der Waals surface area contributed by atoms with Crippen LogP contribution in [-0.2, 0) is 19.4 Å². The van der Waals surface area contributed by atoms with Gasteiger partial charge in [-0.25, -0.2) is 0 Å². The van der Waals surface area contributed by atoms with Gasteiger partial charge in [-0.15, -0.1) is 0 Å². The third-order valence-electron chi connectivity index (χ3n) is 4.60. The van der Waals surface area contributed by atoms with E-state index in [0.29, 0.717) is 17.7 Å². The number of carbonyl (C=O) groups is 1. The standard InChI is InChI=1S/C20H16F6N2O2/c1-28-5-4-11-6-12(2-3-16(11)28)17(29)10-27-18(30)13-7-14(19(21,22)23)9-15(8-13)20(24,25)26/h2-9,17,29H,10H2,1H3,(H,27,30)/t17-/m0/s1. The van der Waals surface area contributed by atoms with E-state index in [9.17, 15) is 36.2 Å². The van der Waals surface area contributed by atoms with Crippen molar-refractivity contribution < 1.29 is 36.2 Å². The van der Waals surface area contributed by atoms with Crippen LogP contribution in [0, 0.1) is 0 Å². The van der Waals surface area contributed by atoms with Crippen molar-refractivity contribution in [3.05, 3.63) is 70.9 Å². The molecule has 0 aliphatic heterocycles. The van der Waals surface area contributed by atoms with Crippen molar-refractivity contribution >= 4 is 16.8 Å². The van der Waals surface area contributed by atoms with Gasteiger partial charge in [-0.2, -0.15) is 26.3 Å². The molecule has 10 heteroatoms. The average Bonchev–Trinajstić information content (AvgIpc) is 3.04. The minimum Gasteiger partial charge on any atom is -0.387 e. The summed E-state index contributed by atoms with van der Waals surface area (Å²) >= 11 is 0. The van der Waals surface area contributed by atoms with Gasteiger partial charge in [0.25, 0.3) is 5.91 Å². The van der Waals surface area contributed by atoms with E-state index in [1.807, 2.05) is 23.9 Å². The van der Waals surface area contributed by atoms with Crippen molar-refractivity contribution in [3.63, 3.8) is 0 Å². The Kier molecular flexibility index (Phi) is 5.55. The number of aliphatic hydroxyl groups is 1. The predicted octanol–water partition coefficient (Wildman–Crippen LogP) is 4.68. The van der Waals surface area contributed by atoms with Gasteiger partial charge in [-0.05, 0) is 47.3 Å². The largest absolute Gasteiger partial charge is 0.416 e. The zero-order chi connectivity index (χ0) is 22.3. The van der Waals surface area contributed by atoms with Crippen LogP contribution in [0.5, 0.6) is 0 Å². The molecule has 0 radical (unpaired) electrons. The Hall–Kier alpha value is -3.01. The van der Waals surface area contributed by atoms with E-state index in [0.717, 1.165) is 10.9 Å². The number of aryl methyl sites for hydroxylation is 1. The van der Waals surface area contributed by atoms with Gasteiger partial charge >= 0.3 is 12.4 Å². The molecule has 0 fully saturated rings. The molecule has 2 N–H and O–H groups in total. The van der Waals surface area contributed by atoms with Crippen LogP contribution < -0.4 is 5.32 Å². The zero-order valence-electron chi connectivity index (χ0n) is 15.5. The number of aliphatic hydroxyl groups excluding tert-OH is 1. The Morgan fingerprint density at radius 3 is 2.17 bits per heavy atom. The first-order valence-corrected chi connectivity index (χ1v) is 8.67. The highest BCUT2D eigenvalue weighted by molar-refractivity contribution is 5.94. The SMILES string of the molecule is Cn1ccc2cc([C@@H](O)CNC(=O)c3cc(C(F)(F)F)cc(C(F)(F)F)c3)ccc21. The highest BCUT2D eigenvalue weighted by Gasteiger charge is 2.37. The third-order valence-corrected chi connectivity index (χ3v) is 4.60. The number of nitrogens with zero attached hydrogens (tertiary/aromatic N) is 1. The van der Waals surface area contributed by atoms with E-state index in [2.05, 4.69) is 5.32 Å². The Morgan fingerprint density at radius 1 is 1.00 bits per heavy atom. The molecule has 30 heavy (non-hydrogen) atoms. The van der Waals surface area contributed by atoms with Gasteiger partial charge < -0.3 is 15.0 Å². The summed E-state index contributed by atoms with van der Waals surface area (Å²) in [4.78, 5) is 12.2. The predicted molar refractivity (Wildman–Crippen MR) is 96.7 cm³/mol. The van der Waals surface area contributed by atoms with Gasteiger partial charge in [0, 0.05) is 30.9 Å². The second-order valence-electron chi connectivity index (χ2n) is 6.77. The van der Waals surface area contributed by atoms with Crippen LogP contribution in [0.1, 0.15) is 33.2 Å². The van der Waals surface area contributed by atoms with Gasteiger partial charge in [0.1, 0.15) is 0 Å². The molecule has 1 heterocycles. The maximum absolute atomic E-state index is 12.9. The normalized spacial score (nSPS) is 13.5. The lowest BCUT2D eigenvalue weighted by Gasteiger charge is -2.16. The molecule has 1 aromatic heterocycles. The minimum atomic E-state index is -5.05. The number of aromatic nitrogens is 1. The van der Waals surface area contributed by atoms with Crippen LogP contribution in [0.3, 0.4) is 0 Å². The van der Waals surface area contributed by atoms with E-state index in [1.165, 1.54) is 0 Å². The molecule has 160 valence electrons. The van der Waals surface area contributed by atoms with E-state index in [4.69, 9.17) is 0 Å². The van der Waals surface area contributed by atoms with E-state index in [-0.39, 0.29) is 6.07 Å². The number of amides is 1. The third kappa shape index (κ3) is 4.59. The molecular formula is C20H16F6N2O2. The van der Waals surface area contributed by atoms with Crippen LogP contribution in [0.25, 0.3) is 10.9 Å². The molecule has 1 amide bonds. The lowest BCUT2D eigenvalue weighted by Crippen LogP contribution is -2.29. The Morgan fingerprint density at radius 2 is 1.60 bits per heavy atom. The fourth-order valence-electron chi connectivity index (χ4n) is 3.00. The molecule has 0 aliphatic rings. The van der Waals surface area contributed by atoms with Gasteiger partial charge in [-0.1, -0.05) is 6.07 Å². The van der Waals surface area contributed by atoms with Gasteiger partial charge in [0.2, 0.25) is 0 Å². The quantitative estimate of drug-likeness (QED) is 0.591. The minimum absolute atomic E-state index is 0.0549. The number of alkyl halides is 6. The first kappa shape index (κ1) is 21.7. The number of hydrogen-bond acceptors (Lipinski definition) is 2. The molecule has 1 atom stereocenters. The Labute approximate surface area is 166 Å². The van der Waals surface area contributed by atoms with Crippen LogP contribution in [-0.4, -0.2) is 22.1 Å². The molecule has 3 rings (SSSR count). The molecule has 0 spiro atoms. The average molecular weight is 430 g/mol. The summed E-state index contributed by atoms with van der Waals surface area (Å²) in [5.74, 6) is -1.16. The summed E-state index contributed by atoms with van der Waals surface area (Å²) in [6, 6.07) is 7.48.